The molecule has 2 aliphatic heterocycles. The van der Waals surface area contributed by atoms with Gasteiger partial charge in [0, 0.05) is 26.2 Å². The number of furan rings is 1. The number of nitrogens with one attached hydrogen (secondary N) is 1. The quantitative estimate of drug-likeness (QED) is 0.912. The van der Waals surface area contributed by atoms with Crippen LogP contribution in [0.3, 0.4) is 0 Å². The van der Waals surface area contributed by atoms with E-state index < -0.39 is 0 Å². The number of amides is 1. The molecule has 1 aromatic rings. The summed E-state index contributed by atoms with van der Waals surface area (Å²) in [5.74, 6) is 1.94. The monoisotopic (exact) mass is 291 g/mol. The van der Waals surface area contributed by atoms with Gasteiger partial charge in [-0.1, -0.05) is 6.92 Å². The summed E-state index contributed by atoms with van der Waals surface area (Å²) in [6.07, 6.45) is 3.87. The highest BCUT2D eigenvalue weighted by Gasteiger charge is 2.30. The van der Waals surface area contributed by atoms with Crippen LogP contribution in [0, 0.1) is 5.92 Å². The second-order valence-electron chi connectivity index (χ2n) is 6.32. The average molecular weight is 291 g/mol. The fourth-order valence-corrected chi connectivity index (χ4v) is 3.27. The lowest BCUT2D eigenvalue weighted by Gasteiger charge is -2.37. The molecule has 0 aliphatic carbocycles. The van der Waals surface area contributed by atoms with Crippen molar-refractivity contribution in [2.24, 2.45) is 5.92 Å². The first-order chi connectivity index (χ1) is 10.2. The number of hydrogen-bond acceptors (Lipinski definition) is 4. The molecule has 0 saturated carbocycles. The van der Waals surface area contributed by atoms with Crippen molar-refractivity contribution in [3.8, 4) is 0 Å². The van der Waals surface area contributed by atoms with E-state index in [1.54, 1.807) is 6.26 Å². The van der Waals surface area contributed by atoms with Crippen LogP contribution < -0.4 is 5.32 Å². The van der Waals surface area contributed by atoms with Gasteiger partial charge in [0.05, 0.1) is 18.8 Å². The van der Waals surface area contributed by atoms with E-state index in [9.17, 15) is 4.79 Å². The zero-order valence-electron chi connectivity index (χ0n) is 12.8. The Balaban J connectivity index is 1.47. The molecule has 21 heavy (non-hydrogen) atoms. The smallest absolute Gasteiger partial charge is 0.239 e. The van der Waals surface area contributed by atoms with Crippen LogP contribution in [0.15, 0.2) is 22.8 Å². The zero-order valence-corrected chi connectivity index (χ0v) is 12.8. The van der Waals surface area contributed by atoms with Crippen molar-refractivity contribution in [1.82, 2.24) is 15.1 Å². The molecule has 0 spiro atoms. The fourth-order valence-electron chi connectivity index (χ4n) is 3.27. The number of carbonyl (C=O) groups excluding carboxylic acids is 1. The van der Waals surface area contributed by atoms with Crippen LogP contribution in [0.2, 0.25) is 0 Å². The van der Waals surface area contributed by atoms with E-state index in [4.69, 9.17) is 4.42 Å². The number of nitrogens with zero attached hydrogens (tertiary/aromatic N) is 2. The molecule has 116 valence electrons. The lowest BCUT2D eigenvalue weighted by atomic mass is 9.93. The molecule has 1 amide bonds. The van der Waals surface area contributed by atoms with E-state index in [0.29, 0.717) is 11.8 Å². The van der Waals surface area contributed by atoms with E-state index in [0.717, 1.165) is 51.4 Å². The highest BCUT2D eigenvalue weighted by atomic mass is 16.3. The molecule has 1 aromatic heterocycles. The summed E-state index contributed by atoms with van der Waals surface area (Å²) in [6.45, 7) is 7.55. The van der Waals surface area contributed by atoms with Gasteiger partial charge in [-0.05, 0) is 37.4 Å². The van der Waals surface area contributed by atoms with Crippen LogP contribution in [0.1, 0.15) is 25.5 Å². The van der Waals surface area contributed by atoms with Crippen LogP contribution in [0.25, 0.3) is 0 Å². The molecular formula is C16H25N3O2. The Bertz CT molecular complexity index is 452. The second kappa shape index (κ2) is 6.62. The highest BCUT2D eigenvalue weighted by Crippen LogP contribution is 2.18. The molecule has 5 heteroatoms. The van der Waals surface area contributed by atoms with Crippen LogP contribution in [-0.2, 0) is 11.3 Å². The maximum absolute atomic E-state index is 12.5. The first kappa shape index (κ1) is 14.6. The van der Waals surface area contributed by atoms with Gasteiger partial charge in [-0.2, -0.15) is 0 Å². The maximum atomic E-state index is 12.5. The van der Waals surface area contributed by atoms with Crippen molar-refractivity contribution in [1.29, 1.82) is 0 Å². The molecule has 2 saturated heterocycles. The maximum Gasteiger partial charge on any atom is 0.239 e. The Morgan fingerprint density at radius 2 is 2.19 bits per heavy atom. The Morgan fingerprint density at radius 3 is 2.86 bits per heavy atom. The number of hydrogen-bond donors (Lipinski definition) is 1. The Hall–Kier alpha value is -1.33. The molecule has 0 bridgehead atoms. The van der Waals surface area contributed by atoms with Crippen LogP contribution in [-0.4, -0.2) is 54.5 Å². The number of piperazine rings is 1. The van der Waals surface area contributed by atoms with E-state index in [1.165, 1.54) is 6.42 Å². The largest absolute Gasteiger partial charge is 0.468 e. The summed E-state index contributed by atoms with van der Waals surface area (Å²) >= 11 is 0. The van der Waals surface area contributed by atoms with E-state index in [2.05, 4.69) is 17.1 Å². The summed E-state index contributed by atoms with van der Waals surface area (Å²) in [6, 6.07) is 3.96. The third kappa shape index (κ3) is 3.66. The Kier molecular flexibility index (Phi) is 4.60. The molecule has 2 aliphatic rings. The van der Waals surface area contributed by atoms with E-state index >= 15 is 0 Å². The molecule has 0 aromatic carbocycles. The van der Waals surface area contributed by atoms with Crippen molar-refractivity contribution < 1.29 is 9.21 Å². The predicted octanol–water partition coefficient (Wildman–Crippen LogP) is 1.31. The minimum absolute atomic E-state index is 0.0328. The molecule has 2 fully saturated rings. The minimum Gasteiger partial charge on any atom is -0.468 e. The highest BCUT2D eigenvalue weighted by molar-refractivity contribution is 5.82. The van der Waals surface area contributed by atoms with Crippen molar-refractivity contribution >= 4 is 5.91 Å². The normalized spacial score (nSPS) is 27.8. The van der Waals surface area contributed by atoms with E-state index in [-0.39, 0.29) is 6.04 Å². The van der Waals surface area contributed by atoms with Gasteiger partial charge in [-0.3, -0.25) is 9.69 Å². The van der Waals surface area contributed by atoms with Crippen LogP contribution in [0.4, 0.5) is 0 Å². The third-order valence-corrected chi connectivity index (χ3v) is 4.61. The van der Waals surface area contributed by atoms with Gasteiger partial charge >= 0.3 is 0 Å². The fraction of sp³-hybridized carbons (Fsp3) is 0.688. The molecule has 1 N–H and O–H groups in total. The topological polar surface area (TPSA) is 48.7 Å². The third-order valence-electron chi connectivity index (χ3n) is 4.61. The van der Waals surface area contributed by atoms with Crippen molar-refractivity contribution in [3.05, 3.63) is 24.2 Å². The van der Waals surface area contributed by atoms with Gasteiger partial charge in [0.2, 0.25) is 5.91 Å². The first-order valence-electron chi connectivity index (χ1n) is 7.99. The lowest BCUT2D eigenvalue weighted by Crippen LogP contribution is -2.55. The molecular weight excluding hydrogens is 266 g/mol. The second-order valence-corrected chi connectivity index (χ2v) is 6.32. The van der Waals surface area contributed by atoms with Gasteiger partial charge in [0.25, 0.3) is 0 Å². The Labute approximate surface area is 126 Å². The molecule has 2 unspecified atom stereocenters. The molecule has 2 atom stereocenters. The van der Waals surface area contributed by atoms with Crippen molar-refractivity contribution in [3.63, 3.8) is 0 Å². The number of carbonyl (C=O) groups is 1. The summed E-state index contributed by atoms with van der Waals surface area (Å²) in [7, 11) is 0. The number of rotatable bonds is 3. The van der Waals surface area contributed by atoms with Crippen LogP contribution in [0.5, 0.6) is 0 Å². The van der Waals surface area contributed by atoms with Gasteiger partial charge in [0.1, 0.15) is 5.76 Å². The molecule has 3 heterocycles. The molecule has 3 rings (SSSR count). The van der Waals surface area contributed by atoms with Gasteiger partial charge in [-0.15, -0.1) is 0 Å². The Morgan fingerprint density at radius 1 is 1.38 bits per heavy atom. The average Bonchev–Trinajstić information content (AvgIpc) is 3.00. The lowest BCUT2D eigenvalue weighted by molar-refractivity contribution is -0.136. The molecule has 5 nitrogen and oxygen atoms in total. The summed E-state index contributed by atoms with van der Waals surface area (Å²) in [5, 5.41) is 3.37. The predicted molar refractivity (Wildman–Crippen MR) is 80.8 cm³/mol. The van der Waals surface area contributed by atoms with Crippen molar-refractivity contribution in [2.75, 3.05) is 32.7 Å². The zero-order chi connectivity index (χ0) is 14.7. The number of piperidine rings is 1. The summed E-state index contributed by atoms with van der Waals surface area (Å²) in [5.41, 5.74) is 0. The van der Waals surface area contributed by atoms with Crippen molar-refractivity contribution in [2.45, 2.75) is 32.4 Å². The van der Waals surface area contributed by atoms with Crippen LogP contribution >= 0.6 is 0 Å². The van der Waals surface area contributed by atoms with Gasteiger partial charge < -0.3 is 14.6 Å². The minimum atomic E-state index is 0.0328. The molecule has 0 radical (unpaired) electrons. The first-order valence-corrected chi connectivity index (χ1v) is 7.99. The van der Waals surface area contributed by atoms with Gasteiger partial charge in [-0.25, -0.2) is 0 Å². The summed E-state index contributed by atoms with van der Waals surface area (Å²) in [4.78, 5) is 16.9. The van der Waals surface area contributed by atoms with E-state index in [1.807, 2.05) is 17.0 Å². The standard InChI is InChI=1S/C16H25N3O2/c1-13-4-5-17-15(11-13)16(20)19-8-6-18(7-9-19)12-14-3-2-10-21-14/h2-3,10,13,15,17H,4-9,11-12H2,1H3. The summed E-state index contributed by atoms with van der Waals surface area (Å²) < 4.78 is 5.39. The van der Waals surface area contributed by atoms with Gasteiger partial charge in [0.15, 0.2) is 0 Å². The SMILES string of the molecule is CC1CCNC(C(=O)N2CCN(Cc3ccco3)CC2)C1.